The minimum absolute atomic E-state index is 0.00920. The highest BCUT2D eigenvalue weighted by Gasteiger charge is 2.46. The van der Waals surface area contributed by atoms with Crippen molar-refractivity contribution in [2.75, 3.05) is 6.61 Å². The molecule has 0 amide bonds. The predicted molar refractivity (Wildman–Crippen MR) is 112 cm³/mol. The van der Waals surface area contributed by atoms with Crippen LogP contribution in [0.1, 0.15) is 45.1 Å². The summed E-state index contributed by atoms with van der Waals surface area (Å²) >= 11 is 12.8. The molecule has 1 aromatic rings. The van der Waals surface area contributed by atoms with Crippen molar-refractivity contribution in [3.8, 4) is 0 Å². The van der Waals surface area contributed by atoms with E-state index >= 15 is 0 Å². The Labute approximate surface area is 175 Å². The molecule has 1 unspecified atom stereocenters. The van der Waals surface area contributed by atoms with Crippen molar-refractivity contribution in [3.05, 3.63) is 57.7 Å². The molecule has 6 heteroatoms. The fraction of sp³-hybridized carbons (Fsp3) is 0.409. The number of ketones is 1. The van der Waals surface area contributed by atoms with Gasteiger partial charge in [-0.2, -0.15) is 0 Å². The van der Waals surface area contributed by atoms with Gasteiger partial charge >= 0.3 is 5.97 Å². The predicted octanol–water partition coefficient (Wildman–Crippen LogP) is 5.54. The summed E-state index contributed by atoms with van der Waals surface area (Å²) in [4.78, 5) is 30.7. The number of aliphatic imine (C=N–C) groups is 1. The number of Topliss-reactive ketones (excluding diaryl/α,β-unsaturated/α-hetero) is 1. The van der Waals surface area contributed by atoms with E-state index in [2.05, 4.69) is 11.6 Å². The quantitative estimate of drug-likeness (QED) is 0.475. The lowest BCUT2D eigenvalue weighted by atomic mass is 9.67. The topological polar surface area (TPSA) is 55.7 Å². The lowest BCUT2D eigenvalue weighted by Crippen LogP contribution is -2.39. The molecule has 0 radical (unpaired) electrons. The van der Waals surface area contributed by atoms with Gasteiger partial charge in [0, 0.05) is 29.3 Å². The number of hydrogen-bond acceptors (Lipinski definition) is 4. The first-order valence-electron chi connectivity index (χ1n) is 9.19. The van der Waals surface area contributed by atoms with Gasteiger partial charge in [-0.05, 0) is 30.4 Å². The number of ether oxygens (including phenoxy) is 1. The van der Waals surface area contributed by atoms with Gasteiger partial charge in [0.15, 0.2) is 5.78 Å². The number of benzene rings is 1. The molecule has 1 aromatic carbocycles. The third-order valence-electron chi connectivity index (χ3n) is 5.22. The number of allylic oxidation sites excluding steroid dienone is 2. The molecule has 4 nitrogen and oxygen atoms in total. The second-order valence-corrected chi connectivity index (χ2v) is 8.86. The molecule has 1 aliphatic heterocycles. The minimum atomic E-state index is -0.736. The molecular weight excluding hydrogens is 397 g/mol. The molecule has 1 aliphatic carbocycles. The molecule has 3 rings (SSSR count). The zero-order valence-corrected chi connectivity index (χ0v) is 17.7. The molecule has 1 heterocycles. The molecule has 0 N–H and O–H groups in total. The minimum Gasteiger partial charge on any atom is -0.461 e. The van der Waals surface area contributed by atoms with Crippen molar-refractivity contribution in [1.82, 2.24) is 0 Å². The highest BCUT2D eigenvalue weighted by atomic mass is 35.5. The lowest BCUT2D eigenvalue weighted by molar-refractivity contribution is -0.145. The van der Waals surface area contributed by atoms with Crippen LogP contribution in [-0.2, 0) is 14.3 Å². The van der Waals surface area contributed by atoms with Gasteiger partial charge in [-0.3, -0.25) is 14.6 Å². The van der Waals surface area contributed by atoms with Crippen LogP contribution in [0.3, 0.4) is 0 Å². The molecular formula is C22H23Cl2NO3. The number of nitrogens with zero attached hydrogens (tertiary/aromatic N) is 1. The zero-order valence-electron chi connectivity index (χ0n) is 16.2. The van der Waals surface area contributed by atoms with Crippen LogP contribution in [-0.4, -0.2) is 24.1 Å². The molecule has 0 aromatic heterocycles. The van der Waals surface area contributed by atoms with E-state index in [1.165, 1.54) is 6.08 Å². The Morgan fingerprint density at radius 3 is 2.75 bits per heavy atom. The van der Waals surface area contributed by atoms with Crippen molar-refractivity contribution in [3.63, 3.8) is 0 Å². The van der Waals surface area contributed by atoms with Gasteiger partial charge < -0.3 is 4.74 Å². The molecule has 0 saturated heterocycles. The summed E-state index contributed by atoms with van der Waals surface area (Å²) < 4.78 is 5.33. The number of hydrogen-bond donors (Lipinski definition) is 0. The maximum atomic E-state index is 13.1. The second-order valence-electron chi connectivity index (χ2n) is 8.07. The fourth-order valence-electron chi connectivity index (χ4n) is 4.08. The highest BCUT2D eigenvalue weighted by Crippen LogP contribution is 2.49. The SMILES string of the molecule is C=CCOC(=O)C1C(C)=NC2=C(C(=O)CC(C)(C)C2)[C@H]1c1cccc(Cl)c1Cl. The van der Waals surface area contributed by atoms with Crippen LogP contribution in [0.5, 0.6) is 0 Å². The van der Waals surface area contributed by atoms with E-state index in [-0.39, 0.29) is 17.8 Å². The van der Waals surface area contributed by atoms with Crippen molar-refractivity contribution in [2.24, 2.45) is 16.3 Å². The van der Waals surface area contributed by atoms with Gasteiger partial charge in [-0.25, -0.2) is 0 Å². The van der Waals surface area contributed by atoms with E-state index in [0.717, 1.165) is 5.70 Å². The van der Waals surface area contributed by atoms with Gasteiger partial charge in [0.1, 0.15) is 12.5 Å². The van der Waals surface area contributed by atoms with Crippen LogP contribution in [0.25, 0.3) is 0 Å². The molecule has 28 heavy (non-hydrogen) atoms. The van der Waals surface area contributed by atoms with E-state index < -0.39 is 17.8 Å². The van der Waals surface area contributed by atoms with Crippen molar-refractivity contribution in [1.29, 1.82) is 0 Å². The molecule has 148 valence electrons. The Kier molecular flexibility index (Phi) is 5.83. The maximum absolute atomic E-state index is 13.1. The normalized spacial score (nSPS) is 23.8. The summed E-state index contributed by atoms with van der Waals surface area (Å²) in [5, 5.41) is 0.721. The lowest BCUT2D eigenvalue weighted by Gasteiger charge is -2.39. The zero-order chi connectivity index (χ0) is 20.6. The van der Waals surface area contributed by atoms with E-state index in [1.807, 2.05) is 19.9 Å². The Bertz CT molecular complexity index is 914. The van der Waals surface area contributed by atoms with Crippen molar-refractivity contribution < 1.29 is 14.3 Å². The second kappa shape index (κ2) is 7.84. The Balaban J connectivity index is 2.20. The van der Waals surface area contributed by atoms with E-state index in [9.17, 15) is 9.59 Å². The molecule has 0 saturated carbocycles. The third-order valence-corrected chi connectivity index (χ3v) is 6.05. The molecule has 0 fully saturated rings. The summed E-state index contributed by atoms with van der Waals surface area (Å²) in [6.07, 6.45) is 2.56. The maximum Gasteiger partial charge on any atom is 0.315 e. The average Bonchev–Trinajstić information content (AvgIpc) is 2.59. The summed E-state index contributed by atoms with van der Waals surface area (Å²) in [6, 6.07) is 5.26. The molecule has 0 bridgehead atoms. The van der Waals surface area contributed by atoms with Crippen LogP contribution in [0.15, 0.2) is 47.1 Å². The molecule has 2 atom stereocenters. The number of rotatable bonds is 4. The Hall–Kier alpha value is -1.91. The van der Waals surface area contributed by atoms with Crippen molar-refractivity contribution in [2.45, 2.75) is 39.5 Å². The number of carbonyl (C=O) groups excluding carboxylic acids is 2. The van der Waals surface area contributed by atoms with Crippen LogP contribution in [0.2, 0.25) is 10.0 Å². The molecule has 2 aliphatic rings. The van der Waals surface area contributed by atoms with Crippen LogP contribution in [0, 0.1) is 11.3 Å². The van der Waals surface area contributed by atoms with Gasteiger partial charge in [0.05, 0.1) is 10.0 Å². The first-order chi connectivity index (χ1) is 13.2. The highest BCUT2D eigenvalue weighted by molar-refractivity contribution is 6.42. The standard InChI is InChI=1S/C22H23Cl2NO3/c1-5-9-28-21(27)17-12(2)25-15-10-22(3,4)11-16(26)19(15)18(17)13-7-6-8-14(23)20(13)24/h5-8,17-18H,1,9-11H2,2-4H3/t17?,18-/m0/s1. The van der Waals surface area contributed by atoms with E-state index in [0.29, 0.717) is 39.7 Å². The van der Waals surface area contributed by atoms with E-state index in [4.69, 9.17) is 27.9 Å². The first kappa shape index (κ1) is 20.8. The summed E-state index contributed by atoms with van der Waals surface area (Å²) in [6.45, 7) is 9.56. The third kappa shape index (κ3) is 3.81. The summed E-state index contributed by atoms with van der Waals surface area (Å²) in [7, 11) is 0. The van der Waals surface area contributed by atoms with Gasteiger partial charge in [-0.15, -0.1) is 0 Å². The number of carbonyl (C=O) groups is 2. The average molecular weight is 420 g/mol. The van der Waals surface area contributed by atoms with Crippen LogP contribution in [0.4, 0.5) is 0 Å². The molecule has 0 spiro atoms. The summed E-state index contributed by atoms with van der Waals surface area (Å²) in [5.74, 6) is -1.77. The first-order valence-corrected chi connectivity index (χ1v) is 9.94. The summed E-state index contributed by atoms with van der Waals surface area (Å²) in [5.41, 5.74) is 2.35. The van der Waals surface area contributed by atoms with Gasteiger partial charge in [-0.1, -0.05) is 61.8 Å². The van der Waals surface area contributed by atoms with Crippen molar-refractivity contribution >= 4 is 40.7 Å². The van der Waals surface area contributed by atoms with Crippen LogP contribution >= 0.6 is 23.2 Å². The number of esters is 1. The van der Waals surface area contributed by atoms with E-state index in [1.54, 1.807) is 19.1 Å². The van der Waals surface area contributed by atoms with Gasteiger partial charge in [0.2, 0.25) is 0 Å². The smallest absolute Gasteiger partial charge is 0.315 e. The Morgan fingerprint density at radius 2 is 2.07 bits per heavy atom. The van der Waals surface area contributed by atoms with Gasteiger partial charge in [0.25, 0.3) is 0 Å². The number of halogens is 2. The Morgan fingerprint density at radius 1 is 1.36 bits per heavy atom. The monoisotopic (exact) mass is 419 g/mol. The largest absolute Gasteiger partial charge is 0.461 e. The fourth-order valence-corrected chi connectivity index (χ4v) is 4.50. The van der Waals surface area contributed by atoms with Crippen LogP contribution < -0.4 is 0 Å².